The van der Waals surface area contributed by atoms with Crippen LogP contribution in [-0.2, 0) is 19.1 Å². The van der Waals surface area contributed by atoms with Gasteiger partial charge in [-0.2, -0.15) is 0 Å². The maximum absolute atomic E-state index is 14.6. The minimum absolute atomic E-state index is 0.0395. The van der Waals surface area contributed by atoms with Crippen molar-refractivity contribution in [3.05, 3.63) is 61.2 Å². The van der Waals surface area contributed by atoms with E-state index in [9.17, 15) is 19.5 Å². The first-order chi connectivity index (χ1) is 19.9. The van der Waals surface area contributed by atoms with E-state index in [0.717, 1.165) is 44.1 Å². The fourth-order valence-corrected chi connectivity index (χ4v) is 10.4. The normalized spacial score (nSPS) is 28.8. The first kappa shape index (κ1) is 31.8. The van der Waals surface area contributed by atoms with Crippen LogP contribution in [0.15, 0.2) is 55.6 Å². The van der Waals surface area contributed by atoms with E-state index < -0.39 is 28.7 Å². The molecule has 3 heterocycles. The molecule has 0 aromatic heterocycles. The van der Waals surface area contributed by atoms with Gasteiger partial charge in [-0.05, 0) is 37.7 Å². The SMILES string of the molecule is C=CCCCCOC(=O)[C@H]1[C@H]2C(=O)N([C@H](CO)c3ccccc3)C(C(=O)N(CC=C)CCCCC)C23CC(Br)[C@@H]1S3. The van der Waals surface area contributed by atoms with E-state index in [-0.39, 0.29) is 34.5 Å². The molecule has 3 aliphatic heterocycles. The van der Waals surface area contributed by atoms with Crippen LogP contribution >= 0.6 is 27.7 Å². The zero-order valence-electron chi connectivity index (χ0n) is 24.0. The number of likely N-dealkylation sites (tertiary alicyclic amines) is 1. The summed E-state index contributed by atoms with van der Waals surface area (Å²) in [7, 11) is 0. The number of rotatable bonds is 16. The summed E-state index contributed by atoms with van der Waals surface area (Å²) < 4.78 is 4.94. The Labute approximate surface area is 256 Å². The molecular formula is C32H43BrN2O5S. The summed E-state index contributed by atoms with van der Waals surface area (Å²) in [6.45, 7) is 10.6. The van der Waals surface area contributed by atoms with E-state index in [0.29, 0.717) is 26.1 Å². The van der Waals surface area contributed by atoms with Crippen molar-refractivity contribution in [1.82, 2.24) is 9.80 Å². The van der Waals surface area contributed by atoms with Gasteiger partial charge in [0.05, 0.1) is 35.8 Å². The quantitative estimate of drug-likeness (QED) is 0.114. The van der Waals surface area contributed by atoms with Crippen molar-refractivity contribution in [2.75, 3.05) is 26.3 Å². The molecule has 2 amide bonds. The molecule has 3 saturated heterocycles. The fraction of sp³-hybridized carbons (Fsp3) is 0.594. The molecule has 41 heavy (non-hydrogen) atoms. The summed E-state index contributed by atoms with van der Waals surface area (Å²) in [4.78, 5) is 46.0. The number of fused-ring (bicyclic) bond motifs is 1. The monoisotopic (exact) mass is 646 g/mol. The number of benzene rings is 1. The molecule has 0 aliphatic carbocycles. The Kier molecular flexibility index (Phi) is 11.2. The minimum atomic E-state index is -0.820. The highest BCUT2D eigenvalue weighted by molar-refractivity contribution is 9.09. The van der Waals surface area contributed by atoms with Gasteiger partial charge in [-0.1, -0.05) is 78.2 Å². The summed E-state index contributed by atoms with van der Waals surface area (Å²) in [6, 6.07) is 7.83. The highest BCUT2D eigenvalue weighted by Gasteiger charge is 2.76. The van der Waals surface area contributed by atoms with Crippen LogP contribution in [-0.4, -0.2) is 79.9 Å². The van der Waals surface area contributed by atoms with E-state index >= 15 is 0 Å². The lowest BCUT2D eigenvalue weighted by atomic mass is 9.71. The number of nitrogens with zero attached hydrogens (tertiary/aromatic N) is 2. The van der Waals surface area contributed by atoms with Crippen LogP contribution in [0.5, 0.6) is 0 Å². The van der Waals surface area contributed by atoms with E-state index in [1.54, 1.807) is 27.6 Å². The topological polar surface area (TPSA) is 87.1 Å². The molecule has 3 aliphatic rings. The maximum Gasteiger partial charge on any atom is 0.310 e. The van der Waals surface area contributed by atoms with Gasteiger partial charge in [-0.15, -0.1) is 24.9 Å². The van der Waals surface area contributed by atoms with E-state index in [1.807, 2.05) is 36.4 Å². The highest BCUT2D eigenvalue weighted by Crippen LogP contribution is 2.68. The summed E-state index contributed by atoms with van der Waals surface area (Å²) >= 11 is 5.41. The van der Waals surface area contributed by atoms with Crippen LogP contribution in [0.2, 0.25) is 0 Å². The van der Waals surface area contributed by atoms with Crippen molar-refractivity contribution in [2.24, 2.45) is 11.8 Å². The number of unbranched alkanes of at least 4 members (excludes halogenated alkanes) is 4. The smallest absolute Gasteiger partial charge is 0.310 e. The Balaban J connectivity index is 1.73. The number of carbonyl (C=O) groups excluding carboxylic acids is 3. The number of amides is 2. The molecule has 3 unspecified atom stereocenters. The predicted molar refractivity (Wildman–Crippen MR) is 167 cm³/mol. The van der Waals surface area contributed by atoms with Crippen molar-refractivity contribution in [1.29, 1.82) is 0 Å². The number of esters is 1. The van der Waals surface area contributed by atoms with E-state index in [2.05, 4.69) is 36.0 Å². The molecule has 1 spiro atoms. The second-order valence-electron chi connectivity index (χ2n) is 11.3. The molecule has 1 aromatic rings. The van der Waals surface area contributed by atoms with Crippen molar-refractivity contribution in [3.63, 3.8) is 0 Å². The third-order valence-electron chi connectivity index (χ3n) is 8.67. The zero-order valence-corrected chi connectivity index (χ0v) is 26.4. The Hall–Kier alpha value is -2.10. The Morgan fingerprint density at radius 3 is 2.63 bits per heavy atom. The van der Waals surface area contributed by atoms with Crippen LogP contribution in [0, 0.1) is 11.8 Å². The lowest BCUT2D eigenvalue weighted by Crippen LogP contribution is -2.56. The Bertz CT molecular complexity index is 1100. The molecule has 0 radical (unpaired) electrons. The van der Waals surface area contributed by atoms with Crippen LogP contribution < -0.4 is 0 Å². The zero-order chi connectivity index (χ0) is 29.6. The van der Waals surface area contributed by atoms with Crippen molar-refractivity contribution >= 4 is 45.5 Å². The molecule has 2 bridgehead atoms. The van der Waals surface area contributed by atoms with Crippen LogP contribution in [0.1, 0.15) is 63.5 Å². The molecule has 224 valence electrons. The second-order valence-corrected chi connectivity index (χ2v) is 14.0. The van der Waals surface area contributed by atoms with Gasteiger partial charge in [0.1, 0.15) is 6.04 Å². The van der Waals surface area contributed by atoms with Gasteiger partial charge < -0.3 is 19.6 Å². The summed E-state index contributed by atoms with van der Waals surface area (Å²) in [6.07, 6.45) is 9.48. The Morgan fingerprint density at radius 1 is 1.22 bits per heavy atom. The number of carbonyl (C=O) groups is 3. The highest BCUT2D eigenvalue weighted by atomic mass is 79.9. The number of alkyl halides is 1. The van der Waals surface area contributed by atoms with Crippen molar-refractivity contribution in [3.8, 4) is 0 Å². The van der Waals surface area contributed by atoms with Crippen LogP contribution in [0.25, 0.3) is 0 Å². The fourth-order valence-electron chi connectivity index (χ4n) is 6.81. The van der Waals surface area contributed by atoms with E-state index in [4.69, 9.17) is 4.74 Å². The summed E-state index contributed by atoms with van der Waals surface area (Å²) in [5, 5.41) is 10.5. The van der Waals surface area contributed by atoms with Gasteiger partial charge >= 0.3 is 5.97 Å². The van der Waals surface area contributed by atoms with Gasteiger partial charge in [-0.25, -0.2) is 0 Å². The second kappa shape index (κ2) is 14.4. The van der Waals surface area contributed by atoms with Gasteiger partial charge in [0, 0.05) is 23.2 Å². The molecular weight excluding hydrogens is 604 g/mol. The summed E-state index contributed by atoms with van der Waals surface area (Å²) in [5.41, 5.74) is 0.759. The average molecular weight is 648 g/mol. The first-order valence-electron chi connectivity index (χ1n) is 14.8. The van der Waals surface area contributed by atoms with Crippen molar-refractivity contribution in [2.45, 2.75) is 78.8 Å². The molecule has 4 rings (SSSR count). The number of thioether (sulfide) groups is 1. The number of allylic oxidation sites excluding steroid dienone is 1. The molecule has 7 atom stereocenters. The third kappa shape index (κ3) is 6.18. The molecule has 3 fully saturated rings. The van der Waals surface area contributed by atoms with Gasteiger partial charge in [0.15, 0.2) is 0 Å². The first-order valence-corrected chi connectivity index (χ1v) is 16.6. The number of ether oxygens (including phenoxy) is 1. The van der Waals surface area contributed by atoms with E-state index in [1.165, 1.54) is 0 Å². The van der Waals surface area contributed by atoms with Crippen LogP contribution in [0.4, 0.5) is 0 Å². The lowest BCUT2D eigenvalue weighted by Gasteiger charge is -2.40. The third-order valence-corrected chi connectivity index (χ3v) is 11.9. The molecule has 1 aromatic carbocycles. The number of hydrogen-bond acceptors (Lipinski definition) is 6. The Morgan fingerprint density at radius 2 is 1.98 bits per heavy atom. The number of halogens is 1. The molecule has 9 heteroatoms. The van der Waals surface area contributed by atoms with Gasteiger partial charge in [-0.3, -0.25) is 14.4 Å². The van der Waals surface area contributed by atoms with Crippen molar-refractivity contribution < 1.29 is 24.2 Å². The minimum Gasteiger partial charge on any atom is -0.465 e. The number of aliphatic hydroxyl groups is 1. The number of hydrogen-bond donors (Lipinski definition) is 1. The molecule has 1 N–H and O–H groups in total. The standard InChI is InChI=1S/C32H43BrN2O5S/c1-4-7-9-14-19-40-31(39)25-26-29(37)35(24(21-36)22-15-11-10-12-16-22)28(32(26)20-23(33)27(25)41-32)30(38)34(17-6-3)18-13-8-5-2/h4,6,10-12,15-16,23-28,36H,1,3,5,7-9,13-14,17-21H2,2H3/t23?,24-,25+,26+,27+,28?,32?/m1/s1. The molecule has 7 nitrogen and oxygen atoms in total. The number of aliphatic hydroxyl groups excluding tert-OH is 1. The lowest BCUT2D eigenvalue weighted by molar-refractivity contribution is -0.154. The van der Waals surface area contributed by atoms with Gasteiger partial charge in [0.25, 0.3) is 0 Å². The largest absolute Gasteiger partial charge is 0.465 e. The summed E-state index contributed by atoms with van der Waals surface area (Å²) in [5.74, 6) is -2.11. The predicted octanol–water partition coefficient (Wildman–Crippen LogP) is 5.29. The average Bonchev–Trinajstić information content (AvgIpc) is 3.57. The maximum atomic E-state index is 14.6. The van der Waals surface area contributed by atoms with Crippen LogP contribution in [0.3, 0.4) is 0 Å². The van der Waals surface area contributed by atoms with Gasteiger partial charge in [0.2, 0.25) is 11.8 Å². The molecule has 0 saturated carbocycles.